The largest absolute Gasteiger partial charge is 0.310 e. The van der Waals surface area contributed by atoms with Crippen molar-refractivity contribution >= 4 is 11.6 Å². The van der Waals surface area contributed by atoms with Crippen molar-refractivity contribution < 1.29 is 4.39 Å². The Morgan fingerprint density at radius 3 is 2.65 bits per heavy atom. The Kier molecular flexibility index (Phi) is 5.16. The molecule has 1 nitrogen and oxygen atoms in total. The van der Waals surface area contributed by atoms with E-state index in [2.05, 4.69) is 43.4 Å². The van der Waals surface area contributed by atoms with Gasteiger partial charge in [0, 0.05) is 6.04 Å². The molecule has 0 spiro atoms. The van der Waals surface area contributed by atoms with Gasteiger partial charge in [-0.3, -0.25) is 0 Å². The van der Waals surface area contributed by atoms with Gasteiger partial charge in [0.05, 0.1) is 5.02 Å². The predicted octanol–water partition coefficient (Wildman–Crippen LogP) is 4.68. The summed E-state index contributed by atoms with van der Waals surface area (Å²) in [6, 6.07) is 13.6. The molecule has 1 unspecified atom stereocenters. The molecule has 0 fully saturated rings. The van der Waals surface area contributed by atoms with Crippen LogP contribution in [0.15, 0.2) is 42.5 Å². The Labute approximate surface area is 124 Å². The van der Waals surface area contributed by atoms with Crippen LogP contribution in [0, 0.1) is 12.7 Å². The van der Waals surface area contributed by atoms with E-state index in [0.29, 0.717) is 0 Å². The van der Waals surface area contributed by atoms with Crippen LogP contribution in [-0.4, -0.2) is 6.54 Å². The molecule has 0 saturated carbocycles. The SMILES string of the molecule is CCNC(Cc1ccc(Cl)c(F)c1)c1cccc(C)c1. The van der Waals surface area contributed by atoms with Crippen molar-refractivity contribution in [1.82, 2.24) is 5.32 Å². The Morgan fingerprint density at radius 2 is 2.00 bits per heavy atom. The van der Waals surface area contributed by atoms with Crippen LogP contribution in [0.3, 0.4) is 0 Å². The van der Waals surface area contributed by atoms with Crippen molar-refractivity contribution in [3.8, 4) is 0 Å². The molecule has 0 aliphatic carbocycles. The highest BCUT2D eigenvalue weighted by Crippen LogP contribution is 2.22. The first kappa shape index (κ1) is 15.0. The summed E-state index contributed by atoms with van der Waals surface area (Å²) in [7, 11) is 0. The number of likely N-dealkylation sites (N-methyl/N-ethyl adjacent to an activating group) is 1. The van der Waals surface area contributed by atoms with E-state index in [0.717, 1.165) is 18.5 Å². The lowest BCUT2D eigenvalue weighted by Gasteiger charge is -2.19. The molecule has 2 rings (SSSR count). The fourth-order valence-electron chi connectivity index (χ4n) is 2.34. The van der Waals surface area contributed by atoms with Crippen LogP contribution in [0.4, 0.5) is 4.39 Å². The Bertz CT molecular complexity index is 583. The van der Waals surface area contributed by atoms with E-state index in [1.807, 2.05) is 6.07 Å². The van der Waals surface area contributed by atoms with Crippen LogP contribution in [0.2, 0.25) is 5.02 Å². The molecular weight excluding hydrogens is 273 g/mol. The molecule has 0 aromatic heterocycles. The predicted molar refractivity (Wildman–Crippen MR) is 82.7 cm³/mol. The lowest BCUT2D eigenvalue weighted by Crippen LogP contribution is -2.23. The van der Waals surface area contributed by atoms with Gasteiger partial charge in [-0.25, -0.2) is 4.39 Å². The Balaban J connectivity index is 2.22. The third kappa shape index (κ3) is 3.81. The summed E-state index contributed by atoms with van der Waals surface area (Å²) in [6.45, 7) is 5.02. The first-order valence-electron chi connectivity index (χ1n) is 6.84. The molecule has 0 bridgehead atoms. The van der Waals surface area contributed by atoms with Crippen LogP contribution >= 0.6 is 11.6 Å². The van der Waals surface area contributed by atoms with Gasteiger partial charge in [-0.05, 0) is 43.1 Å². The summed E-state index contributed by atoms with van der Waals surface area (Å²) >= 11 is 5.73. The third-order valence-electron chi connectivity index (χ3n) is 3.32. The number of aryl methyl sites for hydroxylation is 1. The quantitative estimate of drug-likeness (QED) is 0.843. The van der Waals surface area contributed by atoms with E-state index in [4.69, 9.17) is 11.6 Å². The van der Waals surface area contributed by atoms with Gasteiger partial charge in [0.15, 0.2) is 0 Å². The number of halogens is 2. The summed E-state index contributed by atoms with van der Waals surface area (Å²) in [5.41, 5.74) is 3.40. The van der Waals surface area contributed by atoms with Crippen molar-refractivity contribution in [3.63, 3.8) is 0 Å². The van der Waals surface area contributed by atoms with Crippen LogP contribution in [-0.2, 0) is 6.42 Å². The van der Waals surface area contributed by atoms with Crippen molar-refractivity contribution in [3.05, 3.63) is 70.0 Å². The maximum absolute atomic E-state index is 13.5. The minimum atomic E-state index is -0.358. The van der Waals surface area contributed by atoms with Crippen molar-refractivity contribution in [2.45, 2.75) is 26.3 Å². The van der Waals surface area contributed by atoms with E-state index in [1.165, 1.54) is 17.2 Å². The van der Waals surface area contributed by atoms with Gasteiger partial charge in [0.2, 0.25) is 0 Å². The summed E-state index contributed by atoms with van der Waals surface area (Å²) in [5, 5.41) is 3.62. The number of benzene rings is 2. The summed E-state index contributed by atoms with van der Waals surface area (Å²) in [4.78, 5) is 0. The van der Waals surface area contributed by atoms with E-state index in [-0.39, 0.29) is 16.9 Å². The normalized spacial score (nSPS) is 12.4. The summed E-state index contributed by atoms with van der Waals surface area (Å²) < 4.78 is 13.5. The molecule has 2 aromatic carbocycles. The second-order valence-corrected chi connectivity index (χ2v) is 5.38. The Morgan fingerprint density at radius 1 is 1.20 bits per heavy atom. The zero-order valence-corrected chi connectivity index (χ0v) is 12.5. The molecule has 0 radical (unpaired) electrons. The minimum Gasteiger partial charge on any atom is -0.310 e. The van der Waals surface area contributed by atoms with Crippen molar-refractivity contribution in [2.75, 3.05) is 6.54 Å². The van der Waals surface area contributed by atoms with Gasteiger partial charge in [-0.2, -0.15) is 0 Å². The molecule has 3 heteroatoms. The summed E-state index contributed by atoms with van der Waals surface area (Å²) in [5.74, 6) is -0.358. The number of hydrogen-bond acceptors (Lipinski definition) is 1. The lowest BCUT2D eigenvalue weighted by atomic mass is 9.97. The van der Waals surface area contributed by atoms with Gasteiger partial charge in [0.1, 0.15) is 5.82 Å². The lowest BCUT2D eigenvalue weighted by molar-refractivity contribution is 0.546. The van der Waals surface area contributed by atoms with E-state index in [9.17, 15) is 4.39 Å². The second-order valence-electron chi connectivity index (χ2n) is 4.98. The monoisotopic (exact) mass is 291 g/mol. The van der Waals surface area contributed by atoms with Crippen LogP contribution in [0.5, 0.6) is 0 Å². The zero-order valence-electron chi connectivity index (χ0n) is 11.8. The molecule has 0 aliphatic heterocycles. The molecule has 1 N–H and O–H groups in total. The minimum absolute atomic E-state index is 0.171. The molecular formula is C17H19ClFN. The average molecular weight is 292 g/mol. The molecule has 2 aromatic rings. The van der Waals surface area contributed by atoms with Gasteiger partial charge in [-0.1, -0.05) is 54.4 Å². The first-order valence-corrected chi connectivity index (χ1v) is 7.22. The molecule has 0 aliphatic rings. The topological polar surface area (TPSA) is 12.0 Å². The van der Waals surface area contributed by atoms with E-state index < -0.39 is 0 Å². The maximum atomic E-state index is 13.5. The van der Waals surface area contributed by atoms with Gasteiger partial charge in [-0.15, -0.1) is 0 Å². The standard InChI is InChI=1S/C17H19ClFN/c1-3-20-17(14-6-4-5-12(2)9-14)11-13-7-8-15(18)16(19)10-13/h4-10,17,20H,3,11H2,1-2H3. The molecule has 0 amide bonds. The fourth-order valence-corrected chi connectivity index (χ4v) is 2.46. The molecule has 1 atom stereocenters. The highest BCUT2D eigenvalue weighted by molar-refractivity contribution is 6.30. The number of rotatable bonds is 5. The fraction of sp³-hybridized carbons (Fsp3) is 0.294. The number of nitrogens with one attached hydrogen (secondary N) is 1. The highest BCUT2D eigenvalue weighted by Gasteiger charge is 2.12. The highest BCUT2D eigenvalue weighted by atomic mass is 35.5. The van der Waals surface area contributed by atoms with Gasteiger partial charge < -0.3 is 5.32 Å². The van der Waals surface area contributed by atoms with Crippen LogP contribution in [0.1, 0.15) is 29.7 Å². The first-order chi connectivity index (χ1) is 9.60. The summed E-state index contributed by atoms with van der Waals surface area (Å²) in [6.07, 6.45) is 0.741. The second kappa shape index (κ2) is 6.87. The van der Waals surface area contributed by atoms with Gasteiger partial charge >= 0.3 is 0 Å². The molecule has 106 valence electrons. The van der Waals surface area contributed by atoms with Crippen LogP contribution < -0.4 is 5.32 Å². The van der Waals surface area contributed by atoms with E-state index >= 15 is 0 Å². The van der Waals surface area contributed by atoms with Crippen molar-refractivity contribution in [1.29, 1.82) is 0 Å². The molecule has 0 saturated heterocycles. The Hall–Kier alpha value is -1.38. The smallest absolute Gasteiger partial charge is 0.142 e. The third-order valence-corrected chi connectivity index (χ3v) is 3.63. The average Bonchev–Trinajstić information content (AvgIpc) is 2.42. The maximum Gasteiger partial charge on any atom is 0.142 e. The zero-order chi connectivity index (χ0) is 14.5. The molecule has 0 heterocycles. The molecule has 20 heavy (non-hydrogen) atoms. The van der Waals surface area contributed by atoms with Gasteiger partial charge in [0.25, 0.3) is 0 Å². The number of hydrogen-bond donors (Lipinski definition) is 1. The van der Waals surface area contributed by atoms with Crippen molar-refractivity contribution in [2.24, 2.45) is 0 Å². The van der Waals surface area contributed by atoms with Crippen LogP contribution in [0.25, 0.3) is 0 Å². The van der Waals surface area contributed by atoms with E-state index in [1.54, 1.807) is 6.07 Å².